The number of nitrogens with zero attached hydrogens (tertiary/aromatic N) is 1. The van der Waals surface area contributed by atoms with Crippen LogP contribution >= 0.6 is 0 Å². The van der Waals surface area contributed by atoms with Crippen LogP contribution in [0, 0.1) is 0 Å². The van der Waals surface area contributed by atoms with E-state index < -0.39 is 0 Å². The van der Waals surface area contributed by atoms with Gasteiger partial charge < -0.3 is 9.32 Å². The van der Waals surface area contributed by atoms with Gasteiger partial charge in [-0.2, -0.15) is 0 Å². The molecule has 17 heavy (non-hydrogen) atoms. The largest absolute Gasteiger partial charge is 0.465 e. The molecule has 0 aliphatic carbocycles. The number of carbonyl (C=O) groups excluding carboxylic acids is 1. The molecule has 1 saturated heterocycles. The molecule has 0 N–H and O–H groups in total. The zero-order valence-electron chi connectivity index (χ0n) is 9.58. The summed E-state index contributed by atoms with van der Waals surface area (Å²) in [7, 11) is 0. The van der Waals surface area contributed by atoms with Gasteiger partial charge in [-0.25, -0.2) is 0 Å². The Morgan fingerprint density at radius 1 is 1.47 bits per heavy atom. The first-order valence-corrected chi connectivity index (χ1v) is 6.05. The van der Waals surface area contributed by atoms with Crippen molar-refractivity contribution in [3.05, 3.63) is 42.4 Å². The molecule has 0 spiro atoms. The molecule has 0 radical (unpaired) electrons. The first-order valence-electron chi connectivity index (χ1n) is 6.05. The summed E-state index contributed by atoms with van der Waals surface area (Å²) in [5.41, 5.74) is 0. The Balaban J connectivity index is 1.73. The van der Waals surface area contributed by atoms with E-state index in [1.165, 1.54) is 0 Å². The highest BCUT2D eigenvalue weighted by Gasteiger charge is 2.35. The molecule has 2 unspecified atom stereocenters. The Morgan fingerprint density at radius 2 is 2.41 bits per heavy atom. The number of rotatable bonds is 2. The Bertz CT molecular complexity index is 459. The lowest BCUT2D eigenvalue weighted by Gasteiger charge is -2.30. The zero-order chi connectivity index (χ0) is 11.7. The summed E-state index contributed by atoms with van der Waals surface area (Å²) in [6.07, 6.45) is 12.5. The van der Waals surface area contributed by atoms with Gasteiger partial charge in [-0.3, -0.25) is 4.79 Å². The molecule has 1 amide bonds. The van der Waals surface area contributed by atoms with E-state index in [1.54, 1.807) is 18.4 Å². The van der Waals surface area contributed by atoms with Crippen molar-refractivity contribution in [1.82, 2.24) is 4.90 Å². The van der Waals surface area contributed by atoms with Crippen LogP contribution in [-0.4, -0.2) is 22.9 Å². The predicted octanol–water partition coefficient (Wildman–Crippen LogP) is 2.61. The van der Waals surface area contributed by atoms with Crippen LogP contribution in [-0.2, 0) is 4.79 Å². The summed E-state index contributed by atoms with van der Waals surface area (Å²) in [5, 5.41) is 0. The summed E-state index contributed by atoms with van der Waals surface area (Å²) >= 11 is 0. The van der Waals surface area contributed by atoms with Crippen LogP contribution in [0.2, 0.25) is 0 Å². The van der Waals surface area contributed by atoms with Gasteiger partial charge >= 0.3 is 0 Å². The van der Waals surface area contributed by atoms with Crippen molar-refractivity contribution in [2.45, 2.75) is 31.3 Å². The lowest BCUT2D eigenvalue weighted by Crippen LogP contribution is -2.41. The second-order valence-corrected chi connectivity index (χ2v) is 4.56. The molecule has 2 aliphatic rings. The average molecular weight is 229 g/mol. The SMILES string of the molecule is O=C(/C=C/c1ccco1)N1C2C=CCC1CC2. The molecule has 2 atom stereocenters. The number of hydrogen-bond donors (Lipinski definition) is 0. The summed E-state index contributed by atoms with van der Waals surface area (Å²) in [6.45, 7) is 0. The van der Waals surface area contributed by atoms with Gasteiger partial charge in [-0.15, -0.1) is 0 Å². The molecule has 0 saturated carbocycles. The van der Waals surface area contributed by atoms with E-state index in [-0.39, 0.29) is 5.91 Å². The Hall–Kier alpha value is -1.77. The van der Waals surface area contributed by atoms with E-state index in [0.717, 1.165) is 25.0 Å². The maximum atomic E-state index is 12.1. The molecule has 0 aromatic carbocycles. The van der Waals surface area contributed by atoms with Crippen LogP contribution in [0.4, 0.5) is 0 Å². The smallest absolute Gasteiger partial charge is 0.247 e. The first-order chi connectivity index (χ1) is 8.34. The summed E-state index contributed by atoms with van der Waals surface area (Å²) in [6, 6.07) is 4.37. The Morgan fingerprint density at radius 3 is 3.18 bits per heavy atom. The lowest BCUT2D eigenvalue weighted by molar-refractivity contribution is -0.128. The lowest BCUT2D eigenvalue weighted by atomic mass is 10.1. The van der Waals surface area contributed by atoms with Crippen molar-refractivity contribution in [2.24, 2.45) is 0 Å². The monoisotopic (exact) mass is 229 g/mol. The molecule has 3 heteroatoms. The Kier molecular flexibility index (Phi) is 2.59. The van der Waals surface area contributed by atoms with Crippen LogP contribution in [0.25, 0.3) is 6.08 Å². The third kappa shape index (κ3) is 1.93. The van der Waals surface area contributed by atoms with Crippen LogP contribution in [0.15, 0.2) is 41.0 Å². The Labute approximate surface area is 100 Å². The van der Waals surface area contributed by atoms with Gasteiger partial charge in [-0.05, 0) is 37.5 Å². The predicted molar refractivity (Wildman–Crippen MR) is 65.2 cm³/mol. The molecule has 1 aromatic rings. The van der Waals surface area contributed by atoms with Crippen molar-refractivity contribution >= 4 is 12.0 Å². The van der Waals surface area contributed by atoms with Crippen LogP contribution in [0.3, 0.4) is 0 Å². The van der Waals surface area contributed by atoms with E-state index in [9.17, 15) is 4.79 Å². The maximum absolute atomic E-state index is 12.1. The summed E-state index contributed by atoms with van der Waals surface area (Å²) < 4.78 is 5.17. The fourth-order valence-electron chi connectivity index (χ4n) is 2.69. The number of amides is 1. The second-order valence-electron chi connectivity index (χ2n) is 4.56. The van der Waals surface area contributed by atoms with Crippen molar-refractivity contribution in [3.63, 3.8) is 0 Å². The van der Waals surface area contributed by atoms with E-state index in [4.69, 9.17) is 4.42 Å². The molecule has 1 aromatic heterocycles. The highest BCUT2D eigenvalue weighted by molar-refractivity contribution is 5.92. The fourth-order valence-corrected chi connectivity index (χ4v) is 2.69. The van der Waals surface area contributed by atoms with Gasteiger partial charge in [0.15, 0.2) is 0 Å². The van der Waals surface area contributed by atoms with Gasteiger partial charge in [0.25, 0.3) is 0 Å². The molecule has 2 bridgehead atoms. The van der Waals surface area contributed by atoms with Crippen LogP contribution in [0.5, 0.6) is 0 Å². The zero-order valence-corrected chi connectivity index (χ0v) is 9.58. The standard InChI is InChI=1S/C14H15NO2/c16-14(9-8-13-5-2-10-17-13)15-11-3-1-4-12(15)7-6-11/h1-3,5,8-12H,4,6-7H2/b9-8+. The minimum atomic E-state index is 0.0956. The van der Waals surface area contributed by atoms with E-state index in [1.807, 2.05) is 17.0 Å². The number of fused-ring (bicyclic) bond motifs is 2. The van der Waals surface area contributed by atoms with Gasteiger partial charge in [0.05, 0.1) is 12.3 Å². The first kappa shape index (κ1) is 10.4. The fraction of sp³-hybridized carbons (Fsp3) is 0.357. The normalized spacial score (nSPS) is 26.9. The molecule has 1 fully saturated rings. The van der Waals surface area contributed by atoms with Crippen molar-refractivity contribution in [3.8, 4) is 0 Å². The molecular formula is C14H15NO2. The molecular weight excluding hydrogens is 214 g/mol. The van der Waals surface area contributed by atoms with Gasteiger partial charge in [0.2, 0.25) is 5.91 Å². The van der Waals surface area contributed by atoms with Crippen molar-refractivity contribution < 1.29 is 9.21 Å². The highest BCUT2D eigenvalue weighted by Crippen LogP contribution is 2.31. The minimum Gasteiger partial charge on any atom is -0.465 e. The van der Waals surface area contributed by atoms with Crippen LogP contribution < -0.4 is 0 Å². The van der Waals surface area contributed by atoms with E-state index >= 15 is 0 Å². The summed E-state index contributed by atoms with van der Waals surface area (Å²) in [4.78, 5) is 14.1. The molecule has 3 nitrogen and oxygen atoms in total. The highest BCUT2D eigenvalue weighted by atomic mass is 16.3. The van der Waals surface area contributed by atoms with Gasteiger partial charge in [-0.1, -0.05) is 12.2 Å². The second kappa shape index (κ2) is 4.24. The van der Waals surface area contributed by atoms with Crippen LogP contribution in [0.1, 0.15) is 25.0 Å². The quantitative estimate of drug-likeness (QED) is 0.577. The van der Waals surface area contributed by atoms with Crippen molar-refractivity contribution in [1.29, 1.82) is 0 Å². The molecule has 88 valence electrons. The van der Waals surface area contributed by atoms with E-state index in [2.05, 4.69) is 12.2 Å². The number of carbonyl (C=O) groups is 1. The van der Waals surface area contributed by atoms with Crippen molar-refractivity contribution in [2.75, 3.05) is 0 Å². The number of hydrogen-bond acceptors (Lipinski definition) is 2. The topological polar surface area (TPSA) is 33.5 Å². The third-order valence-electron chi connectivity index (χ3n) is 3.50. The molecule has 3 heterocycles. The summed E-state index contributed by atoms with van der Waals surface area (Å²) in [5.74, 6) is 0.816. The minimum absolute atomic E-state index is 0.0956. The van der Waals surface area contributed by atoms with Gasteiger partial charge in [0.1, 0.15) is 5.76 Å². The van der Waals surface area contributed by atoms with Gasteiger partial charge in [0, 0.05) is 12.1 Å². The average Bonchev–Trinajstić information content (AvgIpc) is 2.93. The van der Waals surface area contributed by atoms with E-state index in [0.29, 0.717) is 12.1 Å². The number of furan rings is 1. The molecule has 2 aliphatic heterocycles. The maximum Gasteiger partial charge on any atom is 0.247 e. The molecule has 3 rings (SSSR count). The third-order valence-corrected chi connectivity index (χ3v) is 3.50.